The predicted molar refractivity (Wildman–Crippen MR) is 82.5 cm³/mol. The first-order chi connectivity index (χ1) is 9.58. The Labute approximate surface area is 118 Å². The molecule has 4 heteroatoms. The highest BCUT2D eigenvalue weighted by Crippen LogP contribution is 2.34. The summed E-state index contributed by atoms with van der Waals surface area (Å²) in [4.78, 5) is 4.26. The smallest absolute Gasteiger partial charge is 0.133 e. The third-order valence-electron chi connectivity index (χ3n) is 3.17. The highest BCUT2D eigenvalue weighted by atomic mass is 19.1. The molecule has 0 aliphatic rings. The highest BCUT2D eigenvalue weighted by Gasteiger charge is 2.15. The second-order valence-electron chi connectivity index (χ2n) is 4.51. The van der Waals surface area contributed by atoms with Crippen molar-refractivity contribution in [1.82, 2.24) is 4.98 Å². The van der Waals surface area contributed by atoms with Gasteiger partial charge in [-0.2, -0.15) is 0 Å². The molecule has 1 aromatic carbocycles. The molecule has 2 rings (SSSR count). The van der Waals surface area contributed by atoms with Gasteiger partial charge in [-0.1, -0.05) is 19.1 Å². The highest BCUT2D eigenvalue weighted by molar-refractivity contribution is 5.84. The fourth-order valence-corrected chi connectivity index (χ4v) is 2.22. The minimum atomic E-state index is -0.350. The van der Waals surface area contributed by atoms with Crippen molar-refractivity contribution in [3.05, 3.63) is 47.4 Å². The molecule has 0 fully saturated rings. The number of anilines is 2. The van der Waals surface area contributed by atoms with Crippen LogP contribution in [0.15, 0.2) is 30.3 Å². The summed E-state index contributed by atoms with van der Waals surface area (Å²) in [6.45, 7) is 3.85. The number of nitrogens with zero attached hydrogens (tertiary/aromatic N) is 1. The number of aromatic nitrogens is 1. The van der Waals surface area contributed by atoms with Gasteiger partial charge in [0.25, 0.3) is 0 Å². The van der Waals surface area contributed by atoms with Gasteiger partial charge in [0.15, 0.2) is 0 Å². The summed E-state index contributed by atoms with van der Waals surface area (Å²) in [5, 5.41) is 0. The number of halogens is 1. The molecule has 0 radical (unpaired) electrons. The molecule has 0 atom stereocenters. The average Bonchev–Trinajstić information content (AvgIpc) is 2.43. The van der Waals surface area contributed by atoms with Gasteiger partial charge in [0.1, 0.15) is 11.6 Å². The lowest BCUT2D eigenvalue weighted by Crippen LogP contribution is -2.02. The summed E-state index contributed by atoms with van der Waals surface area (Å²) in [6, 6.07) is 6.53. The van der Waals surface area contributed by atoms with Gasteiger partial charge in [-0.25, -0.2) is 9.37 Å². The van der Waals surface area contributed by atoms with Crippen LogP contribution in [0.4, 0.5) is 15.9 Å². The Kier molecular flexibility index (Phi) is 4.03. The molecule has 0 aliphatic heterocycles. The topological polar surface area (TPSA) is 64.9 Å². The molecular weight excluding hydrogens is 253 g/mol. The Morgan fingerprint density at radius 2 is 1.95 bits per heavy atom. The molecule has 0 saturated carbocycles. The van der Waals surface area contributed by atoms with Gasteiger partial charge in [-0.3, -0.25) is 0 Å². The van der Waals surface area contributed by atoms with Crippen LogP contribution in [0.25, 0.3) is 17.2 Å². The Balaban J connectivity index is 2.72. The molecule has 0 saturated heterocycles. The maximum Gasteiger partial charge on any atom is 0.133 e. The van der Waals surface area contributed by atoms with Crippen LogP contribution in [-0.2, 0) is 6.42 Å². The van der Waals surface area contributed by atoms with Crippen LogP contribution in [-0.4, -0.2) is 4.98 Å². The number of benzene rings is 1. The minimum Gasteiger partial charge on any atom is -0.398 e. The van der Waals surface area contributed by atoms with E-state index in [9.17, 15) is 4.39 Å². The van der Waals surface area contributed by atoms with Crippen molar-refractivity contribution in [2.75, 3.05) is 11.5 Å². The lowest BCUT2D eigenvalue weighted by atomic mass is 9.97. The van der Waals surface area contributed by atoms with Gasteiger partial charge in [0, 0.05) is 16.8 Å². The quantitative estimate of drug-likeness (QED) is 0.837. The Morgan fingerprint density at radius 3 is 2.60 bits per heavy atom. The molecule has 4 N–H and O–H groups in total. The van der Waals surface area contributed by atoms with Crippen molar-refractivity contribution in [3.63, 3.8) is 0 Å². The van der Waals surface area contributed by atoms with E-state index in [0.29, 0.717) is 29.1 Å². The Hall–Kier alpha value is -2.36. The molecule has 0 bridgehead atoms. The number of allylic oxidation sites excluding steroid dienone is 1. The van der Waals surface area contributed by atoms with Crippen LogP contribution in [0.3, 0.4) is 0 Å². The molecule has 1 heterocycles. The van der Waals surface area contributed by atoms with Gasteiger partial charge >= 0.3 is 0 Å². The predicted octanol–water partition coefficient (Wildman–Crippen LogP) is 3.65. The Bertz CT molecular complexity index is 663. The van der Waals surface area contributed by atoms with Gasteiger partial charge < -0.3 is 11.5 Å². The molecule has 0 amide bonds. The summed E-state index contributed by atoms with van der Waals surface area (Å²) in [6.07, 6.45) is 4.39. The zero-order valence-corrected chi connectivity index (χ0v) is 11.7. The maximum absolute atomic E-state index is 14.2. The monoisotopic (exact) mass is 271 g/mol. The number of rotatable bonds is 3. The summed E-state index contributed by atoms with van der Waals surface area (Å²) < 4.78 is 14.2. The Morgan fingerprint density at radius 1 is 1.20 bits per heavy atom. The summed E-state index contributed by atoms with van der Waals surface area (Å²) in [5.74, 6) is 0.0752. The third kappa shape index (κ3) is 2.50. The molecule has 0 spiro atoms. The molecular formula is C16H18FN3. The van der Waals surface area contributed by atoms with Gasteiger partial charge in [0.2, 0.25) is 0 Å². The number of nitrogens with two attached hydrogens (primary N) is 2. The number of nitrogen functional groups attached to an aromatic ring is 2. The molecule has 0 unspecified atom stereocenters. The van der Waals surface area contributed by atoms with E-state index in [2.05, 4.69) is 4.98 Å². The first-order valence-corrected chi connectivity index (χ1v) is 6.54. The first kappa shape index (κ1) is 14.1. The maximum atomic E-state index is 14.2. The van der Waals surface area contributed by atoms with Gasteiger partial charge in [-0.15, -0.1) is 0 Å². The van der Waals surface area contributed by atoms with Crippen LogP contribution in [0, 0.1) is 5.82 Å². The zero-order chi connectivity index (χ0) is 14.7. The fourth-order valence-electron chi connectivity index (χ4n) is 2.22. The van der Waals surface area contributed by atoms with Crippen LogP contribution in [0.2, 0.25) is 0 Å². The molecule has 2 aromatic rings. The fraction of sp³-hybridized carbons (Fsp3) is 0.188. The summed E-state index contributed by atoms with van der Waals surface area (Å²) >= 11 is 0. The standard InChI is InChI=1S/C16H18FN3/c1-3-5-10-6-8-12(17)15(16(10)19)11-7-9-14(18)20-13(11)4-2/h3,5-9H,4,19H2,1-2H3,(H2,18,20)/b5-3-. The minimum absolute atomic E-state index is 0.350. The zero-order valence-electron chi connectivity index (χ0n) is 11.7. The SMILES string of the molecule is C/C=C\c1ccc(F)c(-c2ccc(N)nc2CC)c1N. The van der Waals surface area contributed by atoms with Crippen LogP contribution >= 0.6 is 0 Å². The molecule has 20 heavy (non-hydrogen) atoms. The van der Waals surface area contributed by atoms with Crippen molar-refractivity contribution in [3.8, 4) is 11.1 Å². The van der Waals surface area contributed by atoms with Crippen LogP contribution in [0.1, 0.15) is 25.1 Å². The molecule has 1 aromatic heterocycles. The number of pyridine rings is 1. The normalized spacial score (nSPS) is 11.2. The van der Waals surface area contributed by atoms with Gasteiger partial charge in [0.05, 0.1) is 5.69 Å². The van der Waals surface area contributed by atoms with E-state index in [1.807, 2.05) is 26.0 Å². The molecule has 3 nitrogen and oxygen atoms in total. The van der Waals surface area contributed by atoms with Crippen molar-refractivity contribution in [2.45, 2.75) is 20.3 Å². The first-order valence-electron chi connectivity index (χ1n) is 6.54. The lowest BCUT2D eigenvalue weighted by molar-refractivity contribution is 0.631. The van der Waals surface area contributed by atoms with E-state index < -0.39 is 0 Å². The van der Waals surface area contributed by atoms with E-state index in [0.717, 1.165) is 11.3 Å². The van der Waals surface area contributed by atoms with E-state index in [1.54, 1.807) is 18.2 Å². The van der Waals surface area contributed by atoms with E-state index >= 15 is 0 Å². The number of hydrogen-bond donors (Lipinski definition) is 2. The van der Waals surface area contributed by atoms with Crippen LogP contribution in [0.5, 0.6) is 0 Å². The van der Waals surface area contributed by atoms with E-state index in [1.165, 1.54) is 6.07 Å². The van der Waals surface area contributed by atoms with Crippen molar-refractivity contribution < 1.29 is 4.39 Å². The van der Waals surface area contributed by atoms with E-state index in [4.69, 9.17) is 11.5 Å². The second-order valence-corrected chi connectivity index (χ2v) is 4.51. The third-order valence-corrected chi connectivity index (χ3v) is 3.17. The number of hydrogen-bond acceptors (Lipinski definition) is 3. The molecule has 0 aliphatic carbocycles. The number of aryl methyl sites for hydroxylation is 1. The lowest BCUT2D eigenvalue weighted by Gasteiger charge is -2.13. The average molecular weight is 271 g/mol. The van der Waals surface area contributed by atoms with Gasteiger partial charge in [-0.05, 0) is 43.2 Å². The van der Waals surface area contributed by atoms with Crippen molar-refractivity contribution in [1.29, 1.82) is 0 Å². The summed E-state index contributed by atoms with van der Waals surface area (Å²) in [7, 11) is 0. The van der Waals surface area contributed by atoms with Crippen molar-refractivity contribution in [2.24, 2.45) is 0 Å². The second kappa shape index (κ2) is 5.74. The largest absolute Gasteiger partial charge is 0.398 e. The summed E-state index contributed by atoms with van der Waals surface area (Å²) in [5.41, 5.74) is 14.9. The molecule has 104 valence electrons. The van der Waals surface area contributed by atoms with Crippen molar-refractivity contribution >= 4 is 17.6 Å². The van der Waals surface area contributed by atoms with E-state index in [-0.39, 0.29) is 5.82 Å². The van der Waals surface area contributed by atoms with Crippen LogP contribution < -0.4 is 11.5 Å².